The fourth-order valence-corrected chi connectivity index (χ4v) is 3.45. The van der Waals surface area contributed by atoms with Crippen molar-refractivity contribution in [1.29, 1.82) is 0 Å². The van der Waals surface area contributed by atoms with Crippen LogP contribution in [-0.4, -0.2) is 53.6 Å². The molecule has 2 heterocycles. The van der Waals surface area contributed by atoms with E-state index in [0.717, 1.165) is 0 Å². The van der Waals surface area contributed by atoms with Crippen LogP contribution in [0.2, 0.25) is 0 Å². The Morgan fingerprint density at radius 1 is 1.21 bits per heavy atom. The molecule has 0 saturated carbocycles. The summed E-state index contributed by atoms with van der Waals surface area (Å²) in [6.07, 6.45) is 1.39. The molecule has 8 nitrogen and oxygen atoms in total. The molecular formula is C21H21N4O4+. The lowest BCUT2D eigenvalue weighted by atomic mass is 10.0. The van der Waals surface area contributed by atoms with Crippen LogP contribution < -0.4 is 21.2 Å². The van der Waals surface area contributed by atoms with Crippen LogP contribution in [0.25, 0.3) is 0 Å². The highest BCUT2D eigenvalue weighted by Crippen LogP contribution is 2.39. The number of phenolic OH excluding ortho intramolecular Hbond substituents is 1. The lowest BCUT2D eigenvalue weighted by Gasteiger charge is -2.28. The van der Waals surface area contributed by atoms with Crippen LogP contribution in [0.15, 0.2) is 48.2 Å². The number of hydrogen-bond donors (Lipinski definition) is 4. The molecule has 1 saturated heterocycles. The van der Waals surface area contributed by atoms with Crippen LogP contribution in [0.3, 0.4) is 0 Å². The Hall–Kier alpha value is -3.65. The number of ketones is 1. The Kier molecular flexibility index (Phi) is 4.77. The summed E-state index contributed by atoms with van der Waals surface area (Å²) in [5.74, 6) is -0.990. The highest BCUT2D eigenvalue weighted by atomic mass is 16.5. The molecule has 0 unspecified atom stereocenters. The largest absolute Gasteiger partial charge is 0.507 e. The number of nitrogens with zero attached hydrogens (tertiary/aromatic N) is 1. The summed E-state index contributed by atoms with van der Waals surface area (Å²) in [5, 5.41) is 19.6. The van der Waals surface area contributed by atoms with Crippen molar-refractivity contribution in [2.75, 3.05) is 31.9 Å². The van der Waals surface area contributed by atoms with Crippen molar-refractivity contribution in [3.05, 3.63) is 64.9 Å². The van der Waals surface area contributed by atoms with Gasteiger partial charge in [0.25, 0.3) is 5.91 Å². The van der Waals surface area contributed by atoms with Gasteiger partial charge in [-0.15, -0.1) is 0 Å². The van der Waals surface area contributed by atoms with Gasteiger partial charge in [0.2, 0.25) is 11.5 Å². The summed E-state index contributed by atoms with van der Waals surface area (Å²) in [6.45, 7) is 2.34. The van der Waals surface area contributed by atoms with Gasteiger partial charge in [0.15, 0.2) is 11.5 Å². The Bertz CT molecular complexity index is 1050. The number of para-hydroxylation sites is 1. The molecule has 1 fully saturated rings. The number of aromatic hydroxyl groups is 1. The number of amides is 1. The Morgan fingerprint density at radius 2 is 1.93 bits per heavy atom. The summed E-state index contributed by atoms with van der Waals surface area (Å²) in [4.78, 5) is 27.4. The highest BCUT2D eigenvalue weighted by molar-refractivity contribution is 6.19. The third-order valence-electron chi connectivity index (χ3n) is 4.99. The molecule has 0 aromatic heterocycles. The number of nitrogen functional groups attached to an aromatic ring is 1. The van der Waals surface area contributed by atoms with E-state index in [1.54, 1.807) is 29.2 Å². The smallest absolute Gasteiger partial charge is 0.261 e. The van der Waals surface area contributed by atoms with Gasteiger partial charge < -0.3 is 25.8 Å². The van der Waals surface area contributed by atoms with Crippen LogP contribution in [0.4, 0.5) is 5.69 Å². The van der Waals surface area contributed by atoms with Gasteiger partial charge in [-0.25, -0.2) is 0 Å². The van der Waals surface area contributed by atoms with Gasteiger partial charge in [-0.1, -0.05) is 12.1 Å². The van der Waals surface area contributed by atoms with E-state index < -0.39 is 5.78 Å². The molecule has 2 aromatic carbocycles. The molecule has 148 valence electrons. The van der Waals surface area contributed by atoms with Crippen LogP contribution in [0.1, 0.15) is 26.3 Å². The second-order valence-electron chi connectivity index (χ2n) is 6.86. The van der Waals surface area contributed by atoms with E-state index in [9.17, 15) is 14.7 Å². The summed E-state index contributed by atoms with van der Waals surface area (Å²) in [6, 6.07) is 9.78. The first-order valence-electron chi connectivity index (χ1n) is 9.25. The van der Waals surface area contributed by atoms with E-state index in [2.05, 4.69) is 5.32 Å². The van der Waals surface area contributed by atoms with E-state index in [-0.39, 0.29) is 40.0 Å². The van der Waals surface area contributed by atoms with Gasteiger partial charge in [-0.3, -0.25) is 15.0 Å². The van der Waals surface area contributed by atoms with Crippen molar-refractivity contribution < 1.29 is 24.8 Å². The number of allylic oxidation sites excluding steroid dienone is 2. The molecule has 2 aliphatic heterocycles. The number of fused-ring (bicyclic) bond motifs is 1. The number of anilines is 1. The first-order chi connectivity index (χ1) is 14.0. The highest BCUT2D eigenvalue weighted by Gasteiger charge is 2.36. The number of rotatable bonds is 3. The fourth-order valence-electron chi connectivity index (χ4n) is 3.45. The van der Waals surface area contributed by atoms with Gasteiger partial charge in [0.1, 0.15) is 11.3 Å². The van der Waals surface area contributed by atoms with E-state index in [4.69, 9.17) is 15.9 Å². The number of hydrogen-bond acceptors (Lipinski definition) is 6. The second kappa shape index (κ2) is 7.40. The predicted molar refractivity (Wildman–Crippen MR) is 107 cm³/mol. The van der Waals surface area contributed by atoms with E-state index in [1.807, 2.05) is 0 Å². The average molecular weight is 393 g/mol. The zero-order chi connectivity index (χ0) is 20.5. The maximum absolute atomic E-state index is 13.0. The quantitative estimate of drug-likeness (QED) is 0.323. The number of ether oxygens (including phenoxy) is 1. The molecule has 1 amide bonds. The van der Waals surface area contributed by atoms with Crippen molar-refractivity contribution in [3.8, 4) is 11.5 Å². The van der Waals surface area contributed by atoms with Crippen LogP contribution in [0, 0.1) is 0 Å². The summed E-state index contributed by atoms with van der Waals surface area (Å²) in [5.41, 5.74) is 7.44. The van der Waals surface area contributed by atoms with Crippen molar-refractivity contribution in [1.82, 2.24) is 10.2 Å². The third-order valence-corrected chi connectivity index (χ3v) is 4.99. The molecule has 4 rings (SSSR count). The first kappa shape index (κ1) is 18.7. The van der Waals surface area contributed by atoms with E-state index in [0.29, 0.717) is 37.4 Å². The lowest BCUT2D eigenvalue weighted by molar-refractivity contribution is -0.111. The van der Waals surface area contributed by atoms with Gasteiger partial charge in [-0.05, 0) is 24.3 Å². The molecule has 6 N–H and O–H groups in total. The number of nitrogens with two attached hydrogens (primary N) is 2. The number of Topliss-reactive ketones (excluding diaryl/α,β-unsaturated/α-hetero) is 1. The molecule has 0 bridgehead atoms. The van der Waals surface area contributed by atoms with E-state index in [1.165, 1.54) is 18.2 Å². The Balaban J connectivity index is 1.69. The van der Waals surface area contributed by atoms with Crippen molar-refractivity contribution in [3.63, 3.8) is 0 Å². The van der Waals surface area contributed by atoms with Gasteiger partial charge >= 0.3 is 0 Å². The first-order valence-corrected chi connectivity index (χ1v) is 9.25. The number of phenols is 1. The molecule has 0 radical (unpaired) electrons. The molecular weight excluding hydrogens is 372 g/mol. The number of carbonyl (C=O) groups excluding carboxylic acids is 2. The molecule has 2 aromatic rings. The minimum absolute atomic E-state index is 0.0149. The molecule has 0 aliphatic carbocycles. The average Bonchev–Trinajstić information content (AvgIpc) is 3.03. The van der Waals surface area contributed by atoms with Crippen LogP contribution in [-0.2, 0) is 0 Å². The minimum Gasteiger partial charge on any atom is -0.507 e. The maximum Gasteiger partial charge on any atom is 0.261 e. The zero-order valence-corrected chi connectivity index (χ0v) is 15.6. The summed E-state index contributed by atoms with van der Waals surface area (Å²) >= 11 is 0. The molecule has 29 heavy (non-hydrogen) atoms. The predicted octanol–water partition coefficient (Wildman–Crippen LogP) is -0.273. The van der Waals surface area contributed by atoms with Gasteiger partial charge in [0, 0.05) is 31.9 Å². The number of nitrogens with one attached hydrogen (secondary N) is 1. The lowest BCUT2D eigenvalue weighted by Crippen LogP contribution is -2.46. The normalized spacial score (nSPS) is 17.2. The molecule has 8 heteroatoms. The second-order valence-corrected chi connectivity index (χ2v) is 6.86. The summed E-state index contributed by atoms with van der Waals surface area (Å²) in [7, 11) is 0. The SMILES string of the molecule is Nc1ccccc1C(=[NH2+])/C=C1\Oc2c(ccc(O)c2C(=O)N2CCNCC2)C1=O. The fraction of sp³-hybridized carbons (Fsp3) is 0.190. The molecule has 0 atom stereocenters. The topological polar surface area (TPSA) is 130 Å². The maximum atomic E-state index is 13.0. The number of piperazine rings is 1. The third kappa shape index (κ3) is 3.34. The Labute approximate surface area is 167 Å². The zero-order valence-electron chi connectivity index (χ0n) is 15.6. The Morgan fingerprint density at radius 3 is 2.66 bits per heavy atom. The van der Waals surface area contributed by atoms with Crippen LogP contribution >= 0.6 is 0 Å². The monoisotopic (exact) mass is 393 g/mol. The van der Waals surface area contributed by atoms with Crippen molar-refractivity contribution >= 4 is 23.1 Å². The van der Waals surface area contributed by atoms with Crippen molar-refractivity contribution in [2.45, 2.75) is 0 Å². The van der Waals surface area contributed by atoms with E-state index >= 15 is 0 Å². The summed E-state index contributed by atoms with van der Waals surface area (Å²) < 4.78 is 5.72. The van der Waals surface area contributed by atoms with Gasteiger partial charge in [0.05, 0.1) is 17.2 Å². The molecule has 2 aliphatic rings. The van der Waals surface area contributed by atoms with Crippen molar-refractivity contribution in [2.24, 2.45) is 0 Å². The number of benzene rings is 2. The molecule has 0 spiro atoms. The van der Waals surface area contributed by atoms with Crippen LogP contribution in [0.5, 0.6) is 11.5 Å². The number of carbonyl (C=O) groups is 2. The standard InChI is InChI=1S/C21H20N4O4/c22-14-4-2-1-3-12(14)15(23)11-17-19(27)13-5-6-16(26)18(20(13)29-17)21(28)25-9-7-24-8-10-25/h1-6,11,23-24,26H,7-10,22H2/p+1/b17-11-,23-15?. The van der Waals surface area contributed by atoms with Gasteiger partial charge in [-0.2, -0.15) is 0 Å². The minimum atomic E-state index is -0.410.